The van der Waals surface area contributed by atoms with Gasteiger partial charge in [-0.05, 0) is 49.7 Å². The maximum Gasteiger partial charge on any atom is 0.226 e. The van der Waals surface area contributed by atoms with Crippen LogP contribution in [0.1, 0.15) is 12.5 Å². The zero-order valence-corrected chi connectivity index (χ0v) is 20.4. The molecular weight excluding hydrogens is 454 g/mol. The van der Waals surface area contributed by atoms with Gasteiger partial charge in [-0.2, -0.15) is 0 Å². The number of imidazole rings is 1. The van der Waals surface area contributed by atoms with Gasteiger partial charge in [0.05, 0.1) is 23.6 Å². The fraction of sp³-hybridized carbons (Fsp3) is 0.269. The van der Waals surface area contributed by atoms with E-state index in [1.807, 2.05) is 54.9 Å². The first-order valence-electron chi connectivity index (χ1n) is 12.0. The van der Waals surface area contributed by atoms with E-state index in [-0.39, 0.29) is 0 Å². The lowest BCUT2D eigenvalue weighted by atomic mass is 10.2. The Morgan fingerprint density at radius 1 is 1.06 bits per heavy atom. The second kappa shape index (κ2) is 9.04. The summed E-state index contributed by atoms with van der Waals surface area (Å²) >= 11 is 0. The predicted molar refractivity (Wildman–Crippen MR) is 140 cm³/mol. The van der Waals surface area contributed by atoms with E-state index in [1.54, 1.807) is 12.5 Å². The molecule has 0 spiro atoms. The quantitative estimate of drug-likeness (QED) is 0.386. The van der Waals surface area contributed by atoms with E-state index in [1.165, 1.54) is 6.33 Å². The maximum absolute atomic E-state index is 6.16. The van der Waals surface area contributed by atoms with Gasteiger partial charge in [-0.15, -0.1) is 0 Å². The van der Waals surface area contributed by atoms with Crippen molar-refractivity contribution in [3.8, 4) is 11.5 Å². The monoisotopic (exact) mass is 481 g/mol. The van der Waals surface area contributed by atoms with E-state index < -0.39 is 0 Å². The number of ether oxygens (including phenoxy) is 1. The molecule has 0 aliphatic carbocycles. The van der Waals surface area contributed by atoms with E-state index in [0.717, 1.165) is 53.4 Å². The number of fused-ring (bicyclic) bond motifs is 2. The van der Waals surface area contributed by atoms with Crippen LogP contribution in [0.5, 0.6) is 11.5 Å². The van der Waals surface area contributed by atoms with E-state index in [2.05, 4.69) is 42.4 Å². The number of hydrogen-bond acceptors (Lipinski definition) is 9. The van der Waals surface area contributed by atoms with Crippen LogP contribution in [-0.2, 0) is 7.05 Å². The summed E-state index contributed by atoms with van der Waals surface area (Å²) in [6.45, 7) is 6.86. The van der Waals surface area contributed by atoms with Gasteiger partial charge in [-0.3, -0.25) is 0 Å². The molecule has 2 N–H and O–H groups in total. The fourth-order valence-corrected chi connectivity index (χ4v) is 4.50. The molecule has 5 aromatic rings. The topological polar surface area (TPSA) is 106 Å². The number of rotatable bonds is 5. The lowest BCUT2D eigenvalue weighted by molar-refractivity contribution is 0.479. The van der Waals surface area contributed by atoms with Crippen molar-refractivity contribution < 1.29 is 4.74 Å². The SMILES string of the molecule is Cc1cc(Nc2ncnc3cnc(N4CCNC[C@@H]4C)nc23)ccc1Oc1ccc2c(c1)ncn2C. The number of aryl methyl sites for hydroxylation is 2. The minimum absolute atomic E-state index is 0.311. The molecule has 1 atom stereocenters. The third kappa shape index (κ3) is 4.16. The normalized spacial score (nSPS) is 16.0. The molecule has 3 aromatic heterocycles. The van der Waals surface area contributed by atoms with Crippen molar-refractivity contribution in [3.63, 3.8) is 0 Å². The molecule has 0 bridgehead atoms. The Morgan fingerprint density at radius 3 is 2.83 bits per heavy atom. The van der Waals surface area contributed by atoms with Gasteiger partial charge in [-0.25, -0.2) is 24.9 Å². The highest BCUT2D eigenvalue weighted by atomic mass is 16.5. The molecule has 1 fully saturated rings. The van der Waals surface area contributed by atoms with E-state index in [4.69, 9.17) is 9.72 Å². The Balaban J connectivity index is 1.25. The third-order valence-electron chi connectivity index (χ3n) is 6.49. The van der Waals surface area contributed by atoms with Crippen LogP contribution >= 0.6 is 0 Å². The highest BCUT2D eigenvalue weighted by Crippen LogP contribution is 2.31. The van der Waals surface area contributed by atoms with Crippen molar-refractivity contribution >= 4 is 39.5 Å². The van der Waals surface area contributed by atoms with Crippen LogP contribution in [0.3, 0.4) is 0 Å². The molecule has 10 nitrogen and oxygen atoms in total. The summed E-state index contributed by atoms with van der Waals surface area (Å²) in [4.78, 5) is 24.9. The minimum Gasteiger partial charge on any atom is -0.457 e. The molecule has 0 unspecified atom stereocenters. The Morgan fingerprint density at radius 2 is 1.97 bits per heavy atom. The standard InChI is InChI=1S/C26H27N9O/c1-16-10-18(4-7-23(16)36-19-5-6-22-20(11-19)31-15-34(22)3)32-25-24-21(29-14-30-25)13-28-26(33-24)35-9-8-27-12-17(35)2/h4-7,10-11,13-15,17,27H,8-9,12H2,1-3H3,(H,29,30,32)/t17-/m0/s1. The minimum atomic E-state index is 0.311. The zero-order valence-electron chi connectivity index (χ0n) is 20.4. The van der Waals surface area contributed by atoms with Gasteiger partial charge < -0.3 is 24.8 Å². The van der Waals surface area contributed by atoms with Crippen molar-refractivity contribution in [2.75, 3.05) is 29.9 Å². The number of nitrogens with zero attached hydrogens (tertiary/aromatic N) is 7. The smallest absolute Gasteiger partial charge is 0.226 e. The molecule has 1 saturated heterocycles. The molecular formula is C26H27N9O. The van der Waals surface area contributed by atoms with Gasteiger partial charge in [0, 0.05) is 44.5 Å². The molecule has 2 aromatic carbocycles. The first-order valence-corrected chi connectivity index (χ1v) is 12.0. The molecule has 1 aliphatic heterocycles. The largest absolute Gasteiger partial charge is 0.457 e. The van der Waals surface area contributed by atoms with Gasteiger partial charge in [-0.1, -0.05) is 0 Å². The maximum atomic E-state index is 6.16. The van der Waals surface area contributed by atoms with Crippen LogP contribution in [0.25, 0.3) is 22.1 Å². The van der Waals surface area contributed by atoms with E-state index in [9.17, 15) is 0 Å². The first-order chi connectivity index (χ1) is 17.5. The molecule has 182 valence electrons. The first kappa shape index (κ1) is 22.2. The number of benzene rings is 2. The Labute approximate surface area is 208 Å². The van der Waals surface area contributed by atoms with Crippen molar-refractivity contribution in [2.45, 2.75) is 19.9 Å². The Bertz CT molecular complexity index is 1560. The number of anilines is 3. The molecule has 0 radical (unpaired) electrons. The van der Waals surface area contributed by atoms with Crippen molar-refractivity contribution in [2.24, 2.45) is 7.05 Å². The molecule has 0 amide bonds. The van der Waals surface area contributed by atoms with Gasteiger partial charge in [0.1, 0.15) is 28.9 Å². The summed E-state index contributed by atoms with van der Waals surface area (Å²) in [5, 5.41) is 6.81. The Hall–Kier alpha value is -4.31. The molecule has 10 heteroatoms. The summed E-state index contributed by atoms with van der Waals surface area (Å²) in [5.41, 5.74) is 5.22. The van der Waals surface area contributed by atoms with Crippen molar-refractivity contribution in [3.05, 3.63) is 60.8 Å². The van der Waals surface area contributed by atoms with Gasteiger partial charge in [0.2, 0.25) is 5.95 Å². The average Bonchev–Trinajstić information content (AvgIpc) is 3.26. The molecule has 6 rings (SSSR count). The van der Waals surface area contributed by atoms with Crippen LogP contribution in [-0.4, -0.2) is 55.2 Å². The summed E-state index contributed by atoms with van der Waals surface area (Å²) < 4.78 is 8.15. The summed E-state index contributed by atoms with van der Waals surface area (Å²) in [7, 11) is 1.98. The predicted octanol–water partition coefficient (Wildman–Crippen LogP) is 3.95. The van der Waals surface area contributed by atoms with Crippen LogP contribution in [0.4, 0.5) is 17.5 Å². The van der Waals surface area contributed by atoms with Gasteiger partial charge in [0.15, 0.2) is 5.82 Å². The molecule has 1 aliphatic rings. The number of hydrogen-bond donors (Lipinski definition) is 2. The summed E-state index contributed by atoms with van der Waals surface area (Å²) in [6.07, 6.45) is 5.09. The Kier molecular flexibility index (Phi) is 5.57. The van der Waals surface area contributed by atoms with E-state index >= 15 is 0 Å². The highest BCUT2D eigenvalue weighted by molar-refractivity contribution is 5.87. The summed E-state index contributed by atoms with van der Waals surface area (Å²) in [6, 6.07) is 12.2. The molecule has 36 heavy (non-hydrogen) atoms. The third-order valence-corrected chi connectivity index (χ3v) is 6.49. The lowest BCUT2D eigenvalue weighted by Crippen LogP contribution is -2.50. The molecule has 0 saturated carbocycles. The van der Waals surface area contributed by atoms with Crippen LogP contribution in [0.15, 0.2) is 55.2 Å². The van der Waals surface area contributed by atoms with Crippen LogP contribution < -0.4 is 20.3 Å². The second-order valence-corrected chi connectivity index (χ2v) is 9.09. The van der Waals surface area contributed by atoms with E-state index in [0.29, 0.717) is 28.8 Å². The van der Waals surface area contributed by atoms with Crippen LogP contribution in [0, 0.1) is 6.92 Å². The van der Waals surface area contributed by atoms with Crippen molar-refractivity contribution in [1.82, 2.24) is 34.8 Å². The second-order valence-electron chi connectivity index (χ2n) is 9.09. The number of piperazine rings is 1. The average molecular weight is 482 g/mol. The number of aromatic nitrogens is 6. The van der Waals surface area contributed by atoms with Crippen molar-refractivity contribution in [1.29, 1.82) is 0 Å². The van der Waals surface area contributed by atoms with Gasteiger partial charge in [0.25, 0.3) is 0 Å². The number of nitrogens with one attached hydrogen (secondary N) is 2. The fourth-order valence-electron chi connectivity index (χ4n) is 4.50. The van der Waals surface area contributed by atoms with Crippen LogP contribution in [0.2, 0.25) is 0 Å². The highest BCUT2D eigenvalue weighted by Gasteiger charge is 2.21. The van der Waals surface area contributed by atoms with Gasteiger partial charge >= 0.3 is 0 Å². The zero-order chi connectivity index (χ0) is 24.6. The lowest BCUT2D eigenvalue weighted by Gasteiger charge is -2.33. The molecule has 4 heterocycles. The summed E-state index contributed by atoms with van der Waals surface area (Å²) in [5.74, 6) is 2.86.